The molecule has 0 rings (SSSR count). The SMILES string of the molecule is CCCCC/C=C\C/C=C\C/C=C\CCCCC(=O)OCC(=O)COC. The molecule has 0 saturated carbocycles. The summed E-state index contributed by atoms with van der Waals surface area (Å²) in [6, 6.07) is 0. The van der Waals surface area contributed by atoms with Crippen LogP contribution in [0.3, 0.4) is 0 Å². The van der Waals surface area contributed by atoms with E-state index in [1.807, 2.05) is 0 Å². The van der Waals surface area contributed by atoms with Crippen LogP contribution < -0.4 is 0 Å². The molecule has 0 aliphatic heterocycles. The van der Waals surface area contributed by atoms with Crippen molar-refractivity contribution in [2.45, 2.75) is 71.1 Å². The van der Waals surface area contributed by atoms with Gasteiger partial charge in [0, 0.05) is 13.5 Å². The van der Waals surface area contributed by atoms with Crippen LogP contribution in [-0.2, 0) is 19.1 Å². The first-order valence-electron chi connectivity index (χ1n) is 9.82. The highest BCUT2D eigenvalue weighted by Gasteiger charge is 2.06. The zero-order valence-corrected chi connectivity index (χ0v) is 16.6. The van der Waals surface area contributed by atoms with Crippen molar-refractivity contribution in [3.8, 4) is 0 Å². The minimum absolute atomic E-state index is 0.0121. The second kappa shape index (κ2) is 19.6. The normalized spacial score (nSPS) is 11.8. The lowest BCUT2D eigenvalue weighted by Crippen LogP contribution is -2.17. The van der Waals surface area contributed by atoms with Gasteiger partial charge in [0.15, 0.2) is 12.4 Å². The monoisotopic (exact) mass is 364 g/mol. The van der Waals surface area contributed by atoms with E-state index in [4.69, 9.17) is 4.74 Å². The number of carbonyl (C=O) groups excluding carboxylic acids is 2. The minimum atomic E-state index is -0.316. The van der Waals surface area contributed by atoms with Crippen LogP contribution in [0.2, 0.25) is 0 Å². The van der Waals surface area contributed by atoms with E-state index in [0.717, 1.165) is 32.1 Å². The molecule has 0 heterocycles. The van der Waals surface area contributed by atoms with Gasteiger partial charge in [-0.1, -0.05) is 56.2 Å². The van der Waals surface area contributed by atoms with Crippen LogP contribution in [0.1, 0.15) is 71.1 Å². The van der Waals surface area contributed by atoms with Gasteiger partial charge in [-0.3, -0.25) is 9.59 Å². The molecule has 0 spiro atoms. The molecule has 0 aromatic rings. The van der Waals surface area contributed by atoms with Crippen molar-refractivity contribution in [3.05, 3.63) is 36.5 Å². The summed E-state index contributed by atoms with van der Waals surface area (Å²) >= 11 is 0. The molecule has 26 heavy (non-hydrogen) atoms. The smallest absolute Gasteiger partial charge is 0.306 e. The van der Waals surface area contributed by atoms with Gasteiger partial charge in [-0.2, -0.15) is 0 Å². The van der Waals surface area contributed by atoms with E-state index in [2.05, 4.69) is 48.1 Å². The number of unbranched alkanes of at least 4 members (excludes halogenated alkanes) is 5. The standard InChI is InChI=1S/C22H36O4/c1-3-4-5-6-7-8-9-10-11-12-13-14-15-16-17-18-22(24)26-20-21(23)19-25-2/h7-8,10-11,13-14H,3-6,9,12,15-20H2,1-2H3/b8-7-,11-10-,14-13-. The van der Waals surface area contributed by atoms with Crippen molar-refractivity contribution < 1.29 is 19.1 Å². The topological polar surface area (TPSA) is 52.6 Å². The molecule has 0 unspecified atom stereocenters. The molecule has 0 aliphatic carbocycles. The minimum Gasteiger partial charge on any atom is -0.458 e. The van der Waals surface area contributed by atoms with Crippen molar-refractivity contribution in [1.82, 2.24) is 0 Å². The lowest BCUT2D eigenvalue weighted by Gasteiger charge is -2.03. The molecule has 0 fully saturated rings. The Morgan fingerprint density at radius 3 is 1.92 bits per heavy atom. The van der Waals surface area contributed by atoms with Crippen LogP contribution in [0, 0.1) is 0 Å². The Labute approximate surface area is 159 Å². The fourth-order valence-corrected chi connectivity index (χ4v) is 2.26. The Bertz CT molecular complexity index is 435. The number of carbonyl (C=O) groups is 2. The fraction of sp³-hybridized carbons (Fsp3) is 0.636. The Kier molecular flexibility index (Phi) is 18.4. The molecule has 0 aromatic carbocycles. The number of hydrogen-bond donors (Lipinski definition) is 0. The molecule has 0 saturated heterocycles. The van der Waals surface area contributed by atoms with Crippen molar-refractivity contribution in [2.75, 3.05) is 20.3 Å². The number of ketones is 1. The maximum absolute atomic E-state index is 11.4. The molecular formula is C22H36O4. The van der Waals surface area contributed by atoms with Crippen LogP contribution >= 0.6 is 0 Å². The third kappa shape index (κ3) is 18.7. The summed E-state index contributed by atoms with van der Waals surface area (Å²) in [5, 5.41) is 0. The van der Waals surface area contributed by atoms with Gasteiger partial charge in [0.2, 0.25) is 0 Å². The summed E-state index contributed by atoms with van der Waals surface area (Å²) < 4.78 is 9.54. The Balaban J connectivity index is 3.46. The lowest BCUT2D eigenvalue weighted by atomic mass is 10.1. The van der Waals surface area contributed by atoms with E-state index < -0.39 is 0 Å². The van der Waals surface area contributed by atoms with Gasteiger partial charge in [0.1, 0.15) is 6.61 Å². The summed E-state index contributed by atoms with van der Waals surface area (Å²) in [4.78, 5) is 22.6. The van der Waals surface area contributed by atoms with Crippen molar-refractivity contribution in [3.63, 3.8) is 0 Å². The van der Waals surface area contributed by atoms with Crippen molar-refractivity contribution >= 4 is 11.8 Å². The first kappa shape index (κ1) is 24.3. The first-order valence-corrected chi connectivity index (χ1v) is 9.82. The Morgan fingerprint density at radius 2 is 1.35 bits per heavy atom. The van der Waals surface area contributed by atoms with E-state index in [1.54, 1.807) is 0 Å². The average Bonchev–Trinajstić information content (AvgIpc) is 2.63. The molecule has 0 aliphatic rings. The van der Waals surface area contributed by atoms with Gasteiger partial charge < -0.3 is 9.47 Å². The van der Waals surface area contributed by atoms with E-state index >= 15 is 0 Å². The highest BCUT2D eigenvalue weighted by atomic mass is 16.5. The number of methoxy groups -OCH3 is 1. The maximum atomic E-state index is 11.4. The number of esters is 1. The molecule has 0 amide bonds. The average molecular weight is 365 g/mol. The van der Waals surface area contributed by atoms with Gasteiger partial charge in [0.05, 0.1) is 0 Å². The van der Waals surface area contributed by atoms with Crippen molar-refractivity contribution in [2.24, 2.45) is 0 Å². The van der Waals surface area contributed by atoms with Crippen LogP contribution in [0.15, 0.2) is 36.5 Å². The van der Waals surface area contributed by atoms with Gasteiger partial charge in [-0.05, 0) is 44.9 Å². The molecule has 0 radical (unpaired) electrons. The molecule has 4 heteroatoms. The summed E-state index contributed by atoms with van der Waals surface area (Å²) in [7, 11) is 1.44. The van der Waals surface area contributed by atoms with Crippen molar-refractivity contribution in [1.29, 1.82) is 0 Å². The number of rotatable bonds is 17. The van der Waals surface area contributed by atoms with E-state index in [1.165, 1.54) is 32.8 Å². The van der Waals surface area contributed by atoms with E-state index in [-0.39, 0.29) is 25.0 Å². The Hall–Kier alpha value is -1.68. The third-order valence-corrected chi connectivity index (χ3v) is 3.72. The summed E-state index contributed by atoms with van der Waals surface area (Å²) in [5.41, 5.74) is 0. The zero-order valence-electron chi connectivity index (χ0n) is 16.6. The highest BCUT2D eigenvalue weighted by molar-refractivity contribution is 5.83. The predicted molar refractivity (Wildman–Crippen MR) is 107 cm³/mol. The predicted octanol–water partition coefficient (Wildman–Crippen LogP) is 5.33. The summed E-state index contributed by atoms with van der Waals surface area (Å²) in [6.07, 6.45) is 23.3. The Morgan fingerprint density at radius 1 is 0.769 bits per heavy atom. The van der Waals surface area contributed by atoms with Crippen LogP contribution in [0.5, 0.6) is 0 Å². The van der Waals surface area contributed by atoms with Crippen LogP contribution in [-0.4, -0.2) is 32.1 Å². The largest absolute Gasteiger partial charge is 0.458 e. The molecule has 0 bridgehead atoms. The lowest BCUT2D eigenvalue weighted by molar-refractivity contribution is -0.148. The molecule has 0 atom stereocenters. The second-order valence-electron chi connectivity index (χ2n) is 6.26. The first-order chi connectivity index (χ1) is 12.7. The van der Waals surface area contributed by atoms with E-state index in [0.29, 0.717) is 6.42 Å². The van der Waals surface area contributed by atoms with Gasteiger partial charge in [-0.25, -0.2) is 0 Å². The molecular weight excluding hydrogens is 328 g/mol. The molecule has 0 aromatic heterocycles. The van der Waals surface area contributed by atoms with Crippen LogP contribution in [0.4, 0.5) is 0 Å². The molecule has 148 valence electrons. The maximum Gasteiger partial charge on any atom is 0.306 e. The number of Topliss-reactive ketones (excluding diaryl/α,β-unsaturated/α-hetero) is 1. The van der Waals surface area contributed by atoms with E-state index in [9.17, 15) is 9.59 Å². The number of allylic oxidation sites excluding steroid dienone is 6. The summed E-state index contributed by atoms with van der Waals surface area (Å²) in [5.74, 6) is -0.534. The molecule has 0 N–H and O–H groups in total. The van der Waals surface area contributed by atoms with Gasteiger partial charge in [-0.15, -0.1) is 0 Å². The third-order valence-electron chi connectivity index (χ3n) is 3.72. The van der Waals surface area contributed by atoms with Crippen LogP contribution in [0.25, 0.3) is 0 Å². The fourth-order valence-electron chi connectivity index (χ4n) is 2.26. The second-order valence-corrected chi connectivity index (χ2v) is 6.26. The number of ether oxygens (including phenoxy) is 2. The quantitative estimate of drug-likeness (QED) is 0.199. The van der Waals surface area contributed by atoms with Gasteiger partial charge in [0.25, 0.3) is 0 Å². The molecule has 4 nitrogen and oxygen atoms in total. The summed E-state index contributed by atoms with van der Waals surface area (Å²) in [6.45, 7) is 2.03. The van der Waals surface area contributed by atoms with Gasteiger partial charge >= 0.3 is 5.97 Å². The highest BCUT2D eigenvalue weighted by Crippen LogP contribution is 2.04. The zero-order chi connectivity index (χ0) is 19.3. The number of hydrogen-bond acceptors (Lipinski definition) is 4.